The van der Waals surface area contributed by atoms with Crippen molar-refractivity contribution in [3.05, 3.63) is 0 Å². The third-order valence-corrected chi connectivity index (χ3v) is 8.78. The molecule has 8 aliphatic carbocycles. The van der Waals surface area contributed by atoms with Crippen LogP contribution in [0.5, 0.6) is 0 Å². The van der Waals surface area contributed by atoms with Crippen molar-refractivity contribution in [2.75, 3.05) is 0 Å². The normalized spacial score (nSPS) is 57.7. The highest BCUT2D eigenvalue weighted by atomic mass is 14.9. The largest absolute Gasteiger partial charge is 0.285 e. The molecule has 0 radical (unpaired) electrons. The van der Waals surface area contributed by atoms with Crippen molar-refractivity contribution in [3.63, 3.8) is 0 Å². The van der Waals surface area contributed by atoms with E-state index >= 15 is 0 Å². The van der Waals surface area contributed by atoms with Crippen molar-refractivity contribution >= 4 is 12.4 Å². The molecule has 0 aromatic heterocycles. The Morgan fingerprint density at radius 2 is 0.708 bits per heavy atom. The molecule has 0 heterocycles. The molecular weight excluding hydrogens is 292 g/mol. The highest BCUT2D eigenvalue weighted by molar-refractivity contribution is 6.16. The van der Waals surface area contributed by atoms with E-state index in [-0.39, 0.29) is 0 Å². The van der Waals surface area contributed by atoms with Gasteiger partial charge in [0.25, 0.3) is 0 Å². The molecule has 8 bridgehead atoms. The van der Waals surface area contributed by atoms with Gasteiger partial charge in [-0.05, 0) is 113 Å². The first-order valence-corrected chi connectivity index (χ1v) is 10.8. The van der Waals surface area contributed by atoms with E-state index < -0.39 is 0 Å². The van der Waals surface area contributed by atoms with E-state index in [1.807, 2.05) is 0 Å². The van der Waals surface area contributed by atoms with Crippen LogP contribution in [0.3, 0.4) is 0 Å². The van der Waals surface area contributed by atoms with Crippen molar-refractivity contribution in [3.8, 4) is 0 Å². The van der Waals surface area contributed by atoms with Gasteiger partial charge >= 0.3 is 0 Å². The van der Waals surface area contributed by atoms with Crippen LogP contribution in [0, 0.1) is 35.5 Å². The molecule has 8 fully saturated rings. The van der Waals surface area contributed by atoms with Gasteiger partial charge < -0.3 is 0 Å². The second kappa shape index (κ2) is 4.95. The first-order valence-electron chi connectivity index (χ1n) is 10.8. The number of aliphatic imine (C=N–C) groups is 2. The summed E-state index contributed by atoms with van der Waals surface area (Å²) in [6.07, 6.45) is 21.6. The van der Waals surface area contributed by atoms with Crippen LogP contribution in [0.1, 0.15) is 77.0 Å². The van der Waals surface area contributed by atoms with Crippen LogP contribution in [0.25, 0.3) is 0 Å². The standard InChI is InChI=1S/C22H32N2/c1(23-21-9-15-3-16(10-21)5-17(4-15)11-21)2-24-22-12-18-6-19(13-22)8-20(7-18)14-22/h1-2,15-20H,3-14H2. The van der Waals surface area contributed by atoms with Gasteiger partial charge in [-0.2, -0.15) is 0 Å². The van der Waals surface area contributed by atoms with Gasteiger partial charge in [0, 0.05) is 12.4 Å². The zero-order chi connectivity index (χ0) is 15.8. The van der Waals surface area contributed by atoms with Gasteiger partial charge in [0.15, 0.2) is 0 Å². The zero-order valence-corrected chi connectivity index (χ0v) is 15.0. The number of hydrogen-bond acceptors (Lipinski definition) is 2. The predicted octanol–water partition coefficient (Wildman–Crippen LogP) is 5.07. The third-order valence-electron chi connectivity index (χ3n) is 8.78. The summed E-state index contributed by atoms with van der Waals surface area (Å²) in [5.74, 6) is 5.96. The Morgan fingerprint density at radius 1 is 0.458 bits per heavy atom. The number of nitrogens with zero attached hydrogens (tertiary/aromatic N) is 2. The molecule has 8 aliphatic rings. The lowest BCUT2D eigenvalue weighted by Gasteiger charge is -2.55. The zero-order valence-electron chi connectivity index (χ0n) is 15.0. The fourth-order valence-corrected chi connectivity index (χ4v) is 8.83. The molecule has 0 amide bonds. The molecular formula is C22H32N2. The molecule has 0 spiro atoms. The van der Waals surface area contributed by atoms with Crippen molar-refractivity contribution in [2.45, 2.75) is 88.1 Å². The molecule has 130 valence electrons. The average Bonchev–Trinajstić information content (AvgIpc) is 2.49. The molecule has 0 saturated heterocycles. The minimum absolute atomic E-state index is 0.322. The Balaban J connectivity index is 1.18. The van der Waals surface area contributed by atoms with E-state index in [0.717, 1.165) is 35.5 Å². The molecule has 2 heteroatoms. The molecule has 0 aromatic rings. The van der Waals surface area contributed by atoms with E-state index in [9.17, 15) is 0 Å². The number of rotatable bonds is 3. The molecule has 0 atom stereocenters. The van der Waals surface area contributed by atoms with E-state index in [1.165, 1.54) is 77.0 Å². The topological polar surface area (TPSA) is 24.7 Å². The van der Waals surface area contributed by atoms with Gasteiger partial charge in [0.2, 0.25) is 0 Å². The quantitative estimate of drug-likeness (QED) is 0.648. The first-order chi connectivity index (χ1) is 11.7. The van der Waals surface area contributed by atoms with Crippen LogP contribution >= 0.6 is 0 Å². The summed E-state index contributed by atoms with van der Waals surface area (Å²) in [6.45, 7) is 0. The minimum Gasteiger partial charge on any atom is -0.285 e. The summed E-state index contributed by atoms with van der Waals surface area (Å²) in [6, 6.07) is 0. The third kappa shape index (κ3) is 2.27. The van der Waals surface area contributed by atoms with Crippen LogP contribution in [0.4, 0.5) is 0 Å². The summed E-state index contributed by atoms with van der Waals surface area (Å²) in [4.78, 5) is 10.3. The summed E-state index contributed by atoms with van der Waals surface area (Å²) in [5.41, 5.74) is 0.643. The number of hydrogen-bond donors (Lipinski definition) is 0. The molecule has 0 aromatic carbocycles. The van der Waals surface area contributed by atoms with Crippen LogP contribution in [0.2, 0.25) is 0 Å². The van der Waals surface area contributed by atoms with Gasteiger partial charge in [-0.15, -0.1) is 0 Å². The Hall–Kier alpha value is -0.660. The Bertz CT molecular complexity index is 464. The molecule has 0 aliphatic heterocycles. The summed E-state index contributed by atoms with van der Waals surface area (Å²) >= 11 is 0. The molecule has 2 nitrogen and oxygen atoms in total. The maximum Gasteiger partial charge on any atom is 0.0616 e. The lowest BCUT2D eigenvalue weighted by Crippen LogP contribution is -2.49. The molecule has 24 heavy (non-hydrogen) atoms. The second-order valence-electron chi connectivity index (χ2n) is 10.8. The molecule has 0 N–H and O–H groups in total. The Kier molecular flexibility index (Phi) is 2.99. The molecule has 8 saturated carbocycles. The van der Waals surface area contributed by atoms with Crippen LogP contribution < -0.4 is 0 Å². The monoisotopic (exact) mass is 324 g/mol. The highest BCUT2D eigenvalue weighted by Gasteiger charge is 2.51. The van der Waals surface area contributed by atoms with Crippen molar-refractivity contribution in [2.24, 2.45) is 45.5 Å². The van der Waals surface area contributed by atoms with Crippen molar-refractivity contribution in [1.29, 1.82) is 0 Å². The van der Waals surface area contributed by atoms with E-state index in [2.05, 4.69) is 12.4 Å². The van der Waals surface area contributed by atoms with Gasteiger partial charge in [0.1, 0.15) is 0 Å². The fraction of sp³-hybridized carbons (Fsp3) is 0.909. The van der Waals surface area contributed by atoms with Crippen molar-refractivity contribution in [1.82, 2.24) is 0 Å². The predicted molar refractivity (Wildman–Crippen MR) is 98.8 cm³/mol. The minimum atomic E-state index is 0.322. The van der Waals surface area contributed by atoms with Crippen LogP contribution in [0.15, 0.2) is 9.98 Å². The summed E-state index contributed by atoms with van der Waals surface area (Å²) in [5, 5.41) is 0. The van der Waals surface area contributed by atoms with E-state index in [4.69, 9.17) is 9.98 Å². The SMILES string of the molecule is C(C=NC12CC3CC(CC(C3)C1)C2)=NC12CC3CC(CC(C3)C1)C2. The lowest BCUT2D eigenvalue weighted by atomic mass is 9.53. The smallest absolute Gasteiger partial charge is 0.0616 e. The van der Waals surface area contributed by atoms with Gasteiger partial charge in [0.05, 0.1) is 11.1 Å². The van der Waals surface area contributed by atoms with Gasteiger partial charge in [-0.25, -0.2) is 0 Å². The van der Waals surface area contributed by atoms with Crippen LogP contribution in [-0.2, 0) is 0 Å². The van der Waals surface area contributed by atoms with Crippen molar-refractivity contribution < 1.29 is 0 Å². The lowest BCUT2D eigenvalue weighted by molar-refractivity contribution is 0.00130. The first kappa shape index (κ1) is 14.5. The summed E-state index contributed by atoms with van der Waals surface area (Å²) < 4.78 is 0. The molecule has 0 unspecified atom stereocenters. The maximum atomic E-state index is 5.16. The average molecular weight is 325 g/mol. The Labute approximate surface area is 146 Å². The van der Waals surface area contributed by atoms with Crippen LogP contribution in [-0.4, -0.2) is 23.5 Å². The maximum absolute atomic E-state index is 5.16. The van der Waals surface area contributed by atoms with E-state index in [1.54, 1.807) is 0 Å². The second-order valence-corrected chi connectivity index (χ2v) is 10.8. The van der Waals surface area contributed by atoms with Gasteiger partial charge in [-0.1, -0.05) is 0 Å². The summed E-state index contributed by atoms with van der Waals surface area (Å²) in [7, 11) is 0. The fourth-order valence-electron chi connectivity index (χ4n) is 8.83. The van der Waals surface area contributed by atoms with E-state index in [0.29, 0.717) is 11.1 Å². The molecule has 8 rings (SSSR count). The Morgan fingerprint density at radius 3 is 0.958 bits per heavy atom. The van der Waals surface area contributed by atoms with Gasteiger partial charge in [-0.3, -0.25) is 9.98 Å². The highest BCUT2D eigenvalue weighted by Crippen LogP contribution is 2.58.